The second-order valence-electron chi connectivity index (χ2n) is 7.32. The van der Waals surface area contributed by atoms with Crippen molar-refractivity contribution in [1.82, 2.24) is 19.7 Å². The van der Waals surface area contributed by atoms with E-state index in [1.165, 1.54) is 17.8 Å². The van der Waals surface area contributed by atoms with E-state index in [0.29, 0.717) is 30.7 Å². The van der Waals surface area contributed by atoms with E-state index in [0.717, 1.165) is 12.1 Å². The molecule has 0 radical (unpaired) electrons. The minimum absolute atomic E-state index is 0.0407. The Morgan fingerprint density at radius 3 is 2.75 bits per heavy atom. The summed E-state index contributed by atoms with van der Waals surface area (Å²) >= 11 is 1.33. The van der Waals surface area contributed by atoms with Gasteiger partial charge in [-0.05, 0) is 30.7 Å². The van der Waals surface area contributed by atoms with E-state index in [-0.39, 0.29) is 30.1 Å². The van der Waals surface area contributed by atoms with Gasteiger partial charge in [-0.1, -0.05) is 49.0 Å². The molecule has 2 aromatic carbocycles. The smallest absolute Gasteiger partial charge is 0.233 e. The second kappa shape index (κ2) is 10.6. The molecule has 3 aromatic rings. The van der Waals surface area contributed by atoms with Crippen LogP contribution in [0.3, 0.4) is 0 Å². The number of para-hydroxylation sites is 2. The Hall–Kier alpha value is -2.91. The maximum Gasteiger partial charge on any atom is 0.233 e. The first-order valence-electron chi connectivity index (χ1n) is 10.5. The Balaban J connectivity index is 1.49. The number of rotatable bonds is 8. The van der Waals surface area contributed by atoms with Gasteiger partial charge in [-0.2, -0.15) is 0 Å². The minimum atomic E-state index is -0.436. The Morgan fingerprint density at radius 1 is 1.19 bits per heavy atom. The van der Waals surface area contributed by atoms with Crippen LogP contribution in [-0.4, -0.2) is 57.1 Å². The maximum absolute atomic E-state index is 13.9. The first-order chi connectivity index (χ1) is 15.7. The normalized spacial score (nSPS) is 16.2. The standard InChI is InChI=1S/C23H25FN4O3S/c1-2-18-14-27(12-13-30-18)22(29)16-32-23-26-25-21(28(23)17-8-4-3-5-9-17)15-31-20-11-7-6-10-19(20)24/h3-11,18H,2,12-16H2,1H3. The SMILES string of the molecule is CCC1CN(C(=O)CSc2nnc(COc3ccccc3F)n2-c2ccccc2)CCO1. The van der Waals surface area contributed by atoms with Crippen LogP contribution >= 0.6 is 11.8 Å². The summed E-state index contributed by atoms with van der Waals surface area (Å²) in [4.78, 5) is 14.6. The highest BCUT2D eigenvalue weighted by molar-refractivity contribution is 7.99. The molecule has 1 aliphatic heterocycles. The monoisotopic (exact) mass is 456 g/mol. The van der Waals surface area contributed by atoms with Crippen LogP contribution in [0.25, 0.3) is 5.69 Å². The first kappa shape index (κ1) is 22.3. The maximum atomic E-state index is 13.9. The Bertz CT molecular complexity index is 1050. The topological polar surface area (TPSA) is 69.5 Å². The molecule has 4 rings (SSSR count). The molecule has 1 atom stereocenters. The lowest BCUT2D eigenvalue weighted by Crippen LogP contribution is -2.46. The summed E-state index contributed by atoms with van der Waals surface area (Å²) in [6.07, 6.45) is 0.970. The average molecular weight is 457 g/mol. The number of amides is 1. The molecule has 1 aromatic heterocycles. The number of hydrogen-bond acceptors (Lipinski definition) is 6. The molecule has 1 fully saturated rings. The summed E-state index contributed by atoms with van der Waals surface area (Å²) < 4.78 is 27.1. The highest BCUT2D eigenvalue weighted by atomic mass is 32.2. The molecule has 1 aliphatic rings. The molecule has 0 spiro atoms. The summed E-state index contributed by atoms with van der Waals surface area (Å²) in [7, 11) is 0. The fraction of sp³-hybridized carbons (Fsp3) is 0.348. The van der Waals surface area contributed by atoms with Crippen molar-refractivity contribution >= 4 is 17.7 Å². The molecular weight excluding hydrogens is 431 g/mol. The largest absolute Gasteiger partial charge is 0.483 e. The summed E-state index contributed by atoms with van der Waals surface area (Å²) in [6.45, 7) is 3.87. The molecule has 1 unspecified atom stereocenters. The van der Waals surface area contributed by atoms with Gasteiger partial charge >= 0.3 is 0 Å². The lowest BCUT2D eigenvalue weighted by Gasteiger charge is -2.32. The van der Waals surface area contributed by atoms with Gasteiger partial charge in [0.1, 0.15) is 6.61 Å². The van der Waals surface area contributed by atoms with Gasteiger partial charge in [-0.25, -0.2) is 4.39 Å². The average Bonchev–Trinajstić information content (AvgIpc) is 3.25. The number of nitrogens with zero attached hydrogens (tertiary/aromatic N) is 4. The van der Waals surface area contributed by atoms with Gasteiger partial charge in [-0.15, -0.1) is 10.2 Å². The molecule has 1 saturated heterocycles. The third-order valence-electron chi connectivity index (χ3n) is 5.18. The molecule has 32 heavy (non-hydrogen) atoms. The lowest BCUT2D eigenvalue weighted by molar-refractivity contribution is -0.135. The van der Waals surface area contributed by atoms with E-state index in [1.54, 1.807) is 18.2 Å². The Labute approximate surface area is 190 Å². The third-order valence-corrected chi connectivity index (χ3v) is 6.09. The number of thioether (sulfide) groups is 1. The van der Waals surface area contributed by atoms with Crippen LogP contribution in [0.1, 0.15) is 19.2 Å². The van der Waals surface area contributed by atoms with Crippen LogP contribution in [0.5, 0.6) is 5.75 Å². The number of benzene rings is 2. The van der Waals surface area contributed by atoms with Crippen molar-refractivity contribution in [3.63, 3.8) is 0 Å². The predicted molar refractivity (Wildman–Crippen MR) is 119 cm³/mol. The Kier molecular flexibility index (Phi) is 7.39. The predicted octanol–water partition coefficient (Wildman–Crippen LogP) is 3.71. The summed E-state index contributed by atoms with van der Waals surface area (Å²) in [5.41, 5.74) is 0.844. The zero-order valence-corrected chi connectivity index (χ0v) is 18.6. The van der Waals surface area contributed by atoms with Crippen molar-refractivity contribution in [3.8, 4) is 11.4 Å². The fourth-order valence-electron chi connectivity index (χ4n) is 3.44. The molecule has 0 N–H and O–H groups in total. The minimum Gasteiger partial charge on any atom is -0.483 e. The quantitative estimate of drug-likeness (QED) is 0.482. The van der Waals surface area contributed by atoms with Crippen molar-refractivity contribution in [2.45, 2.75) is 31.2 Å². The van der Waals surface area contributed by atoms with Gasteiger partial charge in [0.25, 0.3) is 0 Å². The molecule has 0 saturated carbocycles. The molecule has 7 nitrogen and oxygen atoms in total. The van der Waals surface area contributed by atoms with Crippen LogP contribution in [-0.2, 0) is 16.1 Å². The van der Waals surface area contributed by atoms with Gasteiger partial charge in [-0.3, -0.25) is 9.36 Å². The first-order valence-corrected chi connectivity index (χ1v) is 11.5. The zero-order chi connectivity index (χ0) is 22.3. The molecule has 0 aliphatic carbocycles. The zero-order valence-electron chi connectivity index (χ0n) is 17.8. The molecule has 1 amide bonds. The van der Waals surface area contributed by atoms with Crippen LogP contribution in [0.15, 0.2) is 59.8 Å². The van der Waals surface area contributed by atoms with Crippen molar-refractivity contribution in [2.75, 3.05) is 25.4 Å². The molecule has 2 heterocycles. The van der Waals surface area contributed by atoms with Gasteiger partial charge < -0.3 is 14.4 Å². The van der Waals surface area contributed by atoms with E-state index in [4.69, 9.17) is 9.47 Å². The van der Waals surface area contributed by atoms with E-state index >= 15 is 0 Å². The summed E-state index contributed by atoms with van der Waals surface area (Å²) in [6, 6.07) is 15.8. The van der Waals surface area contributed by atoms with E-state index < -0.39 is 5.82 Å². The fourth-order valence-corrected chi connectivity index (χ4v) is 4.31. The molecule has 9 heteroatoms. The van der Waals surface area contributed by atoms with Crippen molar-refractivity contribution in [1.29, 1.82) is 0 Å². The number of morpholine rings is 1. The Morgan fingerprint density at radius 2 is 1.97 bits per heavy atom. The molecule has 168 valence electrons. The van der Waals surface area contributed by atoms with E-state index in [9.17, 15) is 9.18 Å². The number of aromatic nitrogens is 3. The highest BCUT2D eigenvalue weighted by Gasteiger charge is 2.24. The number of carbonyl (C=O) groups excluding carboxylic acids is 1. The number of hydrogen-bond donors (Lipinski definition) is 0. The van der Waals surface area contributed by atoms with E-state index in [2.05, 4.69) is 17.1 Å². The third kappa shape index (κ3) is 5.28. The summed E-state index contributed by atoms with van der Waals surface area (Å²) in [5.74, 6) is 0.525. The molecule has 0 bridgehead atoms. The van der Waals surface area contributed by atoms with Crippen molar-refractivity contribution < 1.29 is 18.7 Å². The van der Waals surface area contributed by atoms with E-state index in [1.807, 2.05) is 39.8 Å². The number of carbonyl (C=O) groups is 1. The van der Waals surface area contributed by atoms with Crippen molar-refractivity contribution in [2.24, 2.45) is 0 Å². The van der Waals surface area contributed by atoms with Crippen LogP contribution in [0.4, 0.5) is 4.39 Å². The number of halogens is 1. The van der Waals surface area contributed by atoms with Crippen molar-refractivity contribution in [3.05, 3.63) is 66.2 Å². The van der Waals surface area contributed by atoms with Crippen LogP contribution in [0.2, 0.25) is 0 Å². The van der Waals surface area contributed by atoms with Gasteiger partial charge in [0.05, 0.1) is 18.5 Å². The van der Waals surface area contributed by atoms with Gasteiger partial charge in [0, 0.05) is 18.8 Å². The highest BCUT2D eigenvalue weighted by Crippen LogP contribution is 2.24. The molecular formula is C23H25FN4O3S. The van der Waals surface area contributed by atoms with Crippen LogP contribution in [0, 0.1) is 5.82 Å². The number of ether oxygens (including phenoxy) is 2. The van der Waals surface area contributed by atoms with Gasteiger partial charge in [0.2, 0.25) is 5.91 Å². The van der Waals surface area contributed by atoms with Gasteiger partial charge in [0.15, 0.2) is 22.5 Å². The summed E-state index contributed by atoms with van der Waals surface area (Å²) in [5, 5.41) is 9.12. The second-order valence-corrected chi connectivity index (χ2v) is 8.26. The lowest BCUT2D eigenvalue weighted by atomic mass is 10.2. The van der Waals surface area contributed by atoms with Crippen LogP contribution < -0.4 is 4.74 Å².